The minimum Gasteiger partial charge on any atom is -0.480 e. The standard InChI is InChI=1S/C15H20N2O4/c18-14(19)10-21-9-8-16-15(20)17-13-7-3-5-11-4-1-2-6-12(11)13/h1-2,4,6,13H,3,5,7-10H2,(H,18,19)(H2,16,17,20). The van der Waals surface area contributed by atoms with Crippen LogP contribution in [-0.2, 0) is 16.0 Å². The largest absolute Gasteiger partial charge is 0.480 e. The van der Waals surface area contributed by atoms with Crippen LogP contribution in [-0.4, -0.2) is 36.9 Å². The zero-order chi connectivity index (χ0) is 15.1. The second kappa shape index (κ2) is 7.64. The molecule has 1 aliphatic carbocycles. The molecule has 0 saturated carbocycles. The number of carbonyl (C=O) groups excluding carboxylic acids is 1. The lowest BCUT2D eigenvalue weighted by atomic mass is 9.88. The Bertz CT molecular complexity index is 504. The number of carboxylic acids is 1. The lowest BCUT2D eigenvalue weighted by Crippen LogP contribution is -2.40. The Kier molecular flexibility index (Phi) is 5.57. The molecule has 0 fully saturated rings. The molecular weight excluding hydrogens is 272 g/mol. The monoisotopic (exact) mass is 292 g/mol. The van der Waals surface area contributed by atoms with Crippen LogP contribution >= 0.6 is 0 Å². The number of aliphatic carboxylic acids is 1. The van der Waals surface area contributed by atoms with Crippen molar-refractivity contribution in [2.75, 3.05) is 19.8 Å². The summed E-state index contributed by atoms with van der Waals surface area (Å²) in [4.78, 5) is 22.1. The number of benzene rings is 1. The van der Waals surface area contributed by atoms with Crippen LogP contribution in [0.5, 0.6) is 0 Å². The highest BCUT2D eigenvalue weighted by Gasteiger charge is 2.20. The number of urea groups is 1. The molecule has 0 aliphatic heterocycles. The van der Waals surface area contributed by atoms with Crippen molar-refractivity contribution in [3.63, 3.8) is 0 Å². The van der Waals surface area contributed by atoms with Gasteiger partial charge in [0.15, 0.2) is 0 Å². The second-order valence-electron chi connectivity index (χ2n) is 4.99. The molecule has 3 N–H and O–H groups in total. The van der Waals surface area contributed by atoms with Gasteiger partial charge in [0.1, 0.15) is 6.61 Å². The van der Waals surface area contributed by atoms with Crippen molar-refractivity contribution in [1.29, 1.82) is 0 Å². The van der Waals surface area contributed by atoms with E-state index in [0.717, 1.165) is 19.3 Å². The molecule has 2 rings (SSSR count). The first-order valence-corrected chi connectivity index (χ1v) is 7.08. The van der Waals surface area contributed by atoms with Crippen LogP contribution < -0.4 is 10.6 Å². The first-order chi connectivity index (χ1) is 10.2. The van der Waals surface area contributed by atoms with E-state index in [1.807, 2.05) is 12.1 Å². The molecule has 2 amide bonds. The third-order valence-electron chi connectivity index (χ3n) is 3.43. The molecule has 0 radical (unpaired) electrons. The van der Waals surface area contributed by atoms with Crippen molar-refractivity contribution in [3.8, 4) is 0 Å². The molecule has 0 heterocycles. The maximum absolute atomic E-state index is 11.8. The van der Waals surface area contributed by atoms with E-state index in [1.54, 1.807) is 0 Å². The molecular formula is C15H20N2O4. The Morgan fingerprint density at radius 3 is 2.95 bits per heavy atom. The number of ether oxygens (including phenoxy) is 1. The molecule has 21 heavy (non-hydrogen) atoms. The summed E-state index contributed by atoms with van der Waals surface area (Å²) in [5.74, 6) is -1.02. The van der Waals surface area contributed by atoms with Gasteiger partial charge in [-0.1, -0.05) is 24.3 Å². The van der Waals surface area contributed by atoms with Gasteiger partial charge in [-0.15, -0.1) is 0 Å². The second-order valence-corrected chi connectivity index (χ2v) is 4.99. The quantitative estimate of drug-likeness (QED) is 0.693. The predicted octanol–water partition coefficient (Wildman–Crippen LogP) is 1.46. The van der Waals surface area contributed by atoms with Crippen LogP contribution in [0.3, 0.4) is 0 Å². The lowest BCUT2D eigenvalue weighted by Gasteiger charge is -2.26. The van der Waals surface area contributed by atoms with Gasteiger partial charge < -0.3 is 20.5 Å². The van der Waals surface area contributed by atoms with Gasteiger partial charge in [-0.3, -0.25) is 0 Å². The van der Waals surface area contributed by atoms with E-state index in [2.05, 4.69) is 22.8 Å². The normalized spacial score (nSPS) is 16.9. The number of aryl methyl sites for hydroxylation is 1. The van der Waals surface area contributed by atoms with Crippen molar-refractivity contribution in [2.45, 2.75) is 25.3 Å². The van der Waals surface area contributed by atoms with Crippen LogP contribution in [0.1, 0.15) is 30.0 Å². The van der Waals surface area contributed by atoms with E-state index >= 15 is 0 Å². The first-order valence-electron chi connectivity index (χ1n) is 7.08. The number of carboxylic acid groups (broad SMARTS) is 1. The van der Waals surface area contributed by atoms with E-state index < -0.39 is 5.97 Å². The Hall–Kier alpha value is -2.08. The third kappa shape index (κ3) is 4.75. The molecule has 0 saturated heterocycles. The van der Waals surface area contributed by atoms with Crippen LogP contribution in [0, 0.1) is 0 Å². The average molecular weight is 292 g/mol. The number of rotatable bonds is 6. The molecule has 114 valence electrons. The van der Waals surface area contributed by atoms with Crippen LogP contribution in [0.4, 0.5) is 4.79 Å². The Morgan fingerprint density at radius 1 is 1.33 bits per heavy atom. The van der Waals surface area contributed by atoms with Gasteiger partial charge in [0.25, 0.3) is 0 Å². The van der Waals surface area contributed by atoms with Crippen molar-refractivity contribution in [1.82, 2.24) is 10.6 Å². The van der Waals surface area contributed by atoms with E-state index in [9.17, 15) is 9.59 Å². The molecule has 1 atom stereocenters. The highest BCUT2D eigenvalue weighted by atomic mass is 16.5. The Labute approximate surface area is 123 Å². The van der Waals surface area contributed by atoms with Gasteiger partial charge in [-0.25, -0.2) is 9.59 Å². The van der Waals surface area contributed by atoms with Gasteiger partial charge in [0.2, 0.25) is 0 Å². The summed E-state index contributed by atoms with van der Waals surface area (Å²) < 4.78 is 4.85. The van der Waals surface area contributed by atoms with Crippen molar-refractivity contribution in [3.05, 3.63) is 35.4 Å². The third-order valence-corrected chi connectivity index (χ3v) is 3.43. The summed E-state index contributed by atoms with van der Waals surface area (Å²) in [7, 11) is 0. The van der Waals surface area contributed by atoms with Crippen molar-refractivity contribution < 1.29 is 19.4 Å². The summed E-state index contributed by atoms with van der Waals surface area (Å²) in [5, 5.41) is 14.0. The number of nitrogens with one attached hydrogen (secondary N) is 2. The van der Waals surface area contributed by atoms with Gasteiger partial charge in [-0.2, -0.15) is 0 Å². The van der Waals surface area contributed by atoms with Crippen LogP contribution in [0.25, 0.3) is 0 Å². The lowest BCUT2D eigenvalue weighted by molar-refractivity contribution is -0.142. The van der Waals surface area contributed by atoms with E-state index in [4.69, 9.17) is 9.84 Å². The summed E-state index contributed by atoms with van der Waals surface area (Å²) in [6.45, 7) is 0.119. The van der Waals surface area contributed by atoms with E-state index in [-0.39, 0.29) is 31.8 Å². The minimum absolute atomic E-state index is 0.0369. The molecule has 1 aliphatic rings. The summed E-state index contributed by atoms with van der Waals surface area (Å²) >= 11 is 0. The maximum atomic E-state index is 11.8. The molecule has 0 spiro atoms. The first kappa shape index (κ1) is 15.3. The van der Waals surface area contributed by atoms with Crippen LogP contribution in [0.15, 0.2) is 24.3 Å². The predicted molar refractivity (Wildman–Crippen MR) is 77.1 cm³/mol. The summed E-state index contributed by atoms with van der Waals surface area (Å²) in [6, 6.07) is 7.93. The van der Waals surface area contributed by atoms with Crippen molar-refractivity contribution in [2.24, 2.45) is 0 Å². The molecule has 0 aromatic heterocycles. The number of hydrogen-bond donors (Lipinski definition) is 3. The molecule has 1 aromatic rings. The van der Waals surface area contributed by atoms with Crippen molar-refractivity contribution >= 4 is 12.0 Å². The van der Waals surface area contributed by atoms with Gasteiger partial charge >= 0.3 is 12.0 Å². The zero-order valence-corrected chi connectivity index (χ0v) is 11.8. The molecule has 1 aromatic carbocycles. The average Bonchev–Trinajstić information content (AvgIpc) is 2.47. The number of amides is 2. The maximum Gasteiger partial charge on any atom is 0.329 e. The fourth-order valence-corrected chi connectivity index (χ4v) is 2.51. The van der Waals surface area contributed by atoms with Gasteiger partial charge in [-0.05, 0) is 30.4 Å². The molecule has 0 bridgehead atoms. The molecule has 6 heteroatoms. The smallest absolute Gasteiger partial charge is 0.329 e. The molecule has 6 nitrogen and oxygen atoms in total. The topological polar surface area (TPSA) is 87.7 Å². The molecule has 1 unspecified atom stereocenters. The fourth-order valence-electron chi connectivity index (χ4n) is 2.51. The summed E-state index contributed by atoms with van der Waals surface area (Å²) in [5.41, 5.74) is 2.47. The van der Waals surface area contributed by atoms with E-state index in [1.165, 1.54) is 11.1 Å². The van der Waals surface area contributed by atoms with Gasteiger partial charge in [0, 0.05) is 6.54 Å². The number of hydrogen-bond acceptors (Lipinski definition) is 3. The van der Waals surface area contributed by atoms with E-state index in [0.29, 0.717) is 0 Å². The van der Waals surface area contributed by atoms with Crippen LogP contribution in [0.2, 0.25) is 0 Å². The fraction of sp³-hybridized carbons (Fsp3) is 0.467. The highest BCUT2D eigenvalue weighted by molar-refractivity contribution is 5.74. The summed E-state index contributed by atoms with van der Waals surface area (Å²) in [6.07, 6.45) is 3.04. The highest BCUT2D eigenvalue weighted by Crippen LogP contribution is 2.29. The minimum atomic E-state index is -1.02. The number of fused-ring (bicyclic) bond motifs is 1. The Morgan fingerprint density at radius 2 is 2.14 bits per heavy atom. The Balaban J connectivity index is 1.75. The zero-order valence-electron chi connectivity index (χ0n) is 11.8. The SMILES string of the molecule is O=C(O)COCCNC(=O)NC1CCCc2ccccc21. The van der Waals surface area contributed by atoms with Gasteiger partial charge in [0.05, 0.1) is 12.6 Å². The number of carbonyl (C=O) groups is 2.